The number of anilines is 1. The van der Waals surface area contributed by atoms with Gasteiger partial charge >= 0.3 is 5.56 Å². The van der Waals surface area contributed by atoms with Crippen molar-refractivity contribution >= 4 is 49.4 Å². The van der Waals surface area contributed by atoms with Gasteiger partial charge < -0.3 is 4.90 Å². The molecule has 1 aliphatic heterocycles. The molecule has 0 aliphatic carbocycles. The lowest BCUT2D eigenvalue weighted by molar-refractivity contribution is -0.113. The van der Waals surface area contributed by atoms with Crippen LogP contribution in [0.1, 0.15) is 16.7 Å². The second-order valence-corrected chi connectivity index (χ2v) is 10.4. The minimum absolute atomic E-state index is 0.0847. The van der Waals surface area contributed by atoms with Crippen LogP contribution < -0.4 is 20.6 Å². The van der Waals surface area contributed by atoms with Crippen LogP contribution in [0.5, 0.6) is 0 Å². The number of amides is 1. The van der Waals surface area contributed by atoms with Crippen LogP contribution in [0, 0.1) is 6.92 Å². The van der Waals surface area contributed by atoms with E-state index in [-0.39, 0.29) is 26.7 Å². The Morgan fingerprint density at radius 3 is 2.44 bits per heavy atom. The Morgan fingerprint density at radius 2 is 1.69 bits per heavy atom. The van der Waals surface area contributed by atoms with Gasteiger partial charge in [-0.2, -0.15) is 14.6 Å². The summed E-state index contributed by atoms with van der Waals surface area (Å²) < 4.78 is 2.11. The van der Waals surface area contributed by atoms with Crippen molar-refractivity contribution in [3.05, 3.63) is 119 Å². The first-order chi connectivity index (χ1) is 17.4. The number of fused-ring (bicyclic) bond motifs is 2. The van der Waals surface area contributed by atoms with Crippen LogP contribution in [0.15, 0.2) is 86.9 Å². The Hall–Kier alpha value is -3.95. The summed E-state index contributed by atoms with van der Waals surface area (Å²) >= 11 is 4.49. The smallest absolute Gasteiger partial charge is 0.300 e. The Bertz CT molecular complexity index is 1850. The standard InChI is InChI=1S/C27H17BrN4O3S/c1-15-7-9-16(10-8-15)14-31-20-12-11-18(28)13-19(20)21(25(31)34)23-26(35)32-27(36-23)29-24(33)22(30-32)17-5-3-2-4-6-17/h2-13H,14H2,1H3. The molecule has 5 aromatic rings. The second-order valence-electron chi connectivity index (χ2n) is 8.48. The largest absolute Gasteiger partial charge is 0.303 e. The van der Waals surface area contributed by atoms with Gasteiger partial charge in [0.15, 0.2) is 5.69 Å². The van der Waals surface area contributed by atoms with Crippen LogP contribution in [0.3, 0.4) is 0 Å². The number of benzene rings is 3. The van der Waals surface area contributed by atoms with Gasteiger partial charge in [0.1, 0.15) is 4.53 Å². The van der Waals surface area contributed by atoms with E-state index in [2.05, 4.69) is 26.0 Å². The minimum Gasteiger partial charge on any atom is -0.303 e. The fraction of sp³-hybridized carbons (Fsp3) is 0.0741. The van der Waals surface area contributed by atoms with Crippen molar-refractivity contribution in [2.45, 2.75) is 13.5 Å². The number of aromatic nitrogens is 3. The van der Waals surface area contributed by atoms with E-state index in [1.807, 2.05) is 55.5 Å². The number of carbonyl (C=O) groups excluding carboxylic acids is 1. The molecular formula is C27H17BrN4O3S. The molecule has 0 bridgehead atoms. The van der Waals surface area contributed by atoms with Crippen molar-refractivity contribution in [3.63, 3.8) is 0 Å². The minimum atomic E-state index is -0.527. The number of aryl methyl sites for hydroxylation is 1. The lowest BCUT2D eigenvalue weighted by atomic mass is 10.1. The molecule has 9 heteroatoms. The lowest BCUT2D eigenvalue weighted by Crippen LogP contribution is -2.32. The van der Waals surface area contributed by atoms with E-state index in [4.69, 9.17) is 0 Å². The third-order valence-electron chi connectivity index (χ3n) is 6.07. The highest BCUT2D eigenvalue weighted by Gasteiger charge is 2.34. The Labute approximate surface area is 217 Å². The molecule has 0 unspecified atom stereocenters. The van der Waals surface area contributed by atoms with E-state index < -0.39 is 11.1 Å². The molecule has 176 valence electrons. The maximum Gasteiger partial charge on any atom is 0.300 e. The molecule has 36 heavy (non-hydrogen) atoms. The molecule has 6 rings (SSSR count). The van der Waals surface area contributed by atoms with Crippen molar-refractivity contribution in [2.24, 2.45) is 0 Å². The molecule has 3 aromatic carbocycles. The highest BCUT2D eigenvalue weighted by molar-refractivity contribution is 9.10. The average Bonchev–Trinajstić information content (AvgIpc) is 3.32. The van der Waals surface area contributed by atoms with Gasteiger partial charge in [-0.05, 0) is 30.7 Å². The number of carbonyl (C=O) groups is 1. The summed E-state index contributed by atoms with van der Waals surface area (Å²) in [6.07, 6.45) is 0. The maximum atomic E-state index is 13.8. The first-order valence-corrected chi connectivity index (χ1v) is 12.7. The van der Waals surface area contributed by atoms with Gasteiger partial charge in [0, 0.05) is 15.6 Å². The second kappa shape index (κ2) is 8.61. The van der Waals surface area contributed by atoms with Crippen LogP contribution in [-0.4, -0.2) is 20.5 Å². The maximum absolute atomic E-state index is 13.8. The third kappa shape index (κ3) is 3.68. The van der Waals surface area contributed by atoms with Crippen LogP contribution >= 0.6 is 27.3 Å². The molecule has 0 spiro atoms. The van der Waals surface area contributed by atoms with Crippen molar-refractivity contribution in [2.75, 3.05) is 4.90 Å². The van der Waals surface area contributed by atoms with Gasteiger partial charge in [0.05, 0.1) is 17.8 Å². The highest BCUT2D eigenvalue weighted by atomic mass is 79.9. The number of thiazole rings is 1. The van der Waals surface area contributed by atoms with E-state index in [1.165, 1.54) is 0 Å². The summed E-state index contributed by atoms with van der Waals surface area (Å²) in [7, 11) is 0. The molecule has 0 saturated heterocycles. The summed E-state index contributed by atoms with van der Waals surface area (Å²) in [4.78, 5) is 45.9. The molecule has 0 N–H and O–H groups in total. The molecule has 3 heterocycles. The fourth-order valence-electron chi connectivity index (χ4n) is 4.29. The SMILES string of the molecule is Cc1ccc(CN2C(=O)C(=c3sc4nc(=O)c(-c5ccccc5)nn4c3=O)c3cc(Br)ccc32)cc1. The molecule has 0 fully saturated rings. The molecule has 1 amide bonds. The first-order valence-electron chi connectivity index (χ1n) is 11.1. The zero-order valence-corrected chi connectivity index (χ0v) is 21.3. The average molecular weight is 557 g/mol. The molecule has 1 aliphatic rings. The number of hydrogen-bond donors (Lipinski definition) is 0. The van der Waals surface area contributed by atoms with E-state index in [0.29, 0.717) is 17.7 Å². The Morgan fingerprint density at radius 1 is 0.944 bits per heavy atom. The van der Waals surface area contributed by atoms with Crippen molar-refractivity contribution in [1.29, 1.82) is 0 Å². The van der Waals surface area contributed by atoms with E-state index >= 15 is 0 Å². The summed E-state index contributed by atoms with van der Waals surface area (Å²) in [5.74, 6) is -0.279. The number of hydrogen-bond acceptors (Lipinski definition) is 6. The third-order valence-corrected chi connectivity index (χ3v) is 7.60. The fourth-order valence-corrected chi connectivity index (χ4v) is 5.65. The van der Waals surface area contributed by atoms with E-state index in [9.17, 15) is 14.4 Å². The van der Waals surface area contributed by atoms with Gasteiger partial charge in [0.25, 0.3) is 11.5 Å². The van der Waals surface area contributed by atoms with Gasteiger partial charge in [-0.15, -0.1) is 0 Å². The summed E-state index contributed by atoms with van der Waals surface area (Å²) in [6, 6.07) is 22.4. The predicted octanol–water partition coefficient (Wildman–Crippen LogP) is 3.71. The predicted molar refractivity (Wildman–Crippen MR) is 143 cm³/mol. The molecule has 0 atom stereocenters. The summed E-state index contributed by atoms with van der Waals surface area (Å²) in [5.41, 5.74) is 3.41. The monoisotopic (exact) mass is 556 g/mol. The molecular weight excluding hydrogens is 540 g/mol. The van der Waals surface area contributed by atoms with Crippen molar-refractivity contribution < 1.29 is 4.79 Å². The zero-order valence-electron chi connectivity index (χ0n) is 18.9. The van der Waals surface area contributed by atoms with Gasteiger partial charge in [-0.1, -0.05) is 87.4 Å². The molecule has 0 saturated carbocycles. The normalized spacial score (nSPS) is 14.5. The number of nitrogens with zero attached hydrogens (tertiary/aromatic N) is 4. The van der Waals surface area contributed by atoms with Crippen LogP contribution in [0.25, 0.3) is 21.8 Å². The van der Waals surface area contributed by atoms with Crippen LogP contribution in [-0.2, 0) is 11.3 Å². The van der Waals surface area contributed by atoms with Crippen molar-refractivity contribution in [3.8, 4) is 11.3 Å². The Kier molecular flexibility index (Phi) is 5.39. The van der Waals surface area contributed by atoms with E-state index in [1.54, 1.807) is 29.2 Å². The van der Waals surface area contributed by atoms with Crippen LogP contribution in [0.4, 0.5) is 5.69 Å². The Balaban J connectivity index is 1.57. The topological polar surface area (TPSA) is 84.6 Å². The number of rotatable bonds is 3. The molecule has 7 nitrogen and oxygen atoms in total. The quantitative estimate of drug-likeness (QED) is 0.338. The van der Waals surface area contributed by atoms with Crippen LogP contribution in [0.2, 0.25) is 0 Å². The van der Waals surface area contributed by atoms with Gasteiger partial charge in [-0.3, -0.25) is 14.4 Å². The molecule has 0 radical (unpaired) electrons. The van der Waals surface area contributed by atoms with Gasteiger partial charge in [0.2, 0.25) is 4.96 Å². The highest BCUT2D eigenvalue weighted by Crippen LogP contribution is 2.38. The van der Waals surface area contributed by atoms with Crippen molar-refractivity contribution in [1.82, 2.24) is 14.6 Å². The summed E-state index contributed by atoms with van der Waals surface area (Å²) in [6.45, 7) is 2.37. The molecule has 2 aromatic heterocycles. The summed E-state index contributed by atoms with van der Waals surface area (Å²) in [5, 5.41) is 4.32. The number of halogens is 1. The van der Waals surface area contributed by atoms with E-state index in [0.717, 1.165) is 37.1 Å². The first kappa shape index (κ1) is 22.5. The lowest BCUT2D eigenvalue weighted by Gasteiger charge is -2.17. The van der Waals surface area contributed by atoms with Gasteiger partial charge in [-0.25, -0.2) is 0 Å². The zero-order chi connectivity index (χ0) is 25.0.